The van der Waals surface area contributed by atoms with E-state index in [1.54, 1.807) is 0 Å². The van der Waals surface area contributed by atoms with Crippen molar-refractivity contribution in [1.29, 1.82) is 0 Å². The smallest absolute Gasteiger partial charge is 0.225 e. The van der Waals surface area contributed by atoms with E-state index in [0.29, 0.717) is 13.0 Å². The SMILES string of the molecule is CC1(C)CC(CCN)(C(N)=O)C(C)(C)N1. The molecule has 1 fully saturated rings. The minimum absolute atomic E-state index is 0.0618. The van der Waals surface area contributed by atoms with Crippen molar-refractivity contribution in [3.05, 3.63) is 0 Å². The zero-order valence-electron chi connectivity index (χ0n) is 10.2. The maximum absolute atomic E-state index is 11.7. The van der Waals surface area contributed by atoms with Gasteiger partial charge in [-0.05, 0) is 47.1 Å². The molecular formula is C11H23N3O. The zero-order chi connectivity index (χ0) is 11.9. The van der Waals surface area contributed by atoms with Crippen LogP contribution in [0.25, 0.3) is 0 Å². The van der Waals surface area contributed by atoms with Crippen LogP contribution in [0, 0.1) is 5.41 Å². The van der Waals surface area contributed by atoms with E-state index in [-0.39, 0.29) is 17.0 Å². The molecular weight excluding hydrogens is 190 g/mol. The van der Waals surface area contributed by atoms with Crippen molar-refractivity contribution in [3.63, 3.8) is 0 Å². The number of primary amides is 1. The van der Waals surface area contributed by atoms with Crippen LogP contribution >= 0.6 is 0 Å². The normalized spacial score (nSPS) is 32.9. The molecule has 88 valence electrons. The van der Waals surface area contributed by atoms with Crippen LogP contribution in [0.1, 0.15) is 40.5 Å². The van der Waals surface area contributed by atoms with Crippen LogP contribution in [-0.2, 0) is 4.79 Å². The molecule has 1 amide bonds. The number of nitrogens with one attached hydrogen (secondary N) is 1. The average Bonchev–Trinajstić information content (AvgIpc) is 2.17. The van der Waals surface area contributed by atoms with Crippen molar-refractivity contribution >= 4 is 5.91 Å². The molecule has 1 unspecified atom stereocenters. The molecule has 0 saturated carbocycles. The molecule has 1 atom stereocenters. The van der Waals surface area contributed by atoms with Gasteiger partial charge in [0.25, 0.3) is 0 Å². The summed E-state index contributed by atoms with van der Waals surface area (Å²) in [6.07, 6.45) is 1.39. The maximum Gasteiger partial charge on any atom is 0.225 e. The van der Waals surface area contributed by atoms with Crippen molar-refractivity contribution < 1.29 is 4.79 Å². The fraction of sp³-hybridized carbons (Fsp3) is 0.909. The largest absolute Gasteiger partial charge is 0.369 e. The average molecular weight is 213 g/mol. The van der Waals surface area contributed by atoms with Crippen LogP contribution in [-0.4, -0.2) is 23.5 Å². The van der Waals surface area contributed by atoms with Gasteiger partial charge in [0.2, 0.25) is 5.91 Å². The van der Waals surface area contributed by atoms with Gasteiger partial charge < -0.3 is 16.8 Å². The Morgan fingerprint density at radius 2 is 1.87 bits per heavy atom. The van der Waals surface area contributed by atoms with E-state index < -0.39 is 5.41 Å². The standard InChI is InChI=1S/C11H23N3O/c1-9(2)7-11(5-6-12,8(13)15)10(3,4)14-9/h14H,5-7,12H2,1-4H3,(H2,13,15). The number of rotatable bonds is 3. The molecule has 0 radical (unpaired) electrons. The lowest BCUT2D eigenvalue weighted by atomic mass is 9.68. The number of amides is 1. The quantitative estimate of drug-likeness (QED) is 0.633. The van der Waals surface area contributed by atoms with E-state index in [4.69, 9.17) is 11.5 Å². The topological polar surface area (TPSA) is 81.1 Å². The van der Waals surface area contributed by atoms with Gasteiger partial charge in [0.15, 0.2) is 0 Å². The highest BCUT2D eigenvalue weighted by atomic mass is 16.1. The Labute approximate surface area is 91.8 Å². The molecule has 1 saturated heterocycles. The highest BCUT2D eigenvalue weighted by Gasteiger charge is 2.58. The first-order valence-corrected chi connectivity index (χ1v) is 5.46. The monoisotopic (exact) mass is 213 g/mol. The lowest BCUT2D eigenvalue weighted by molar-refractivity contribution is -0.130. The zero-order valence-corrected chi connectivity index (χ0v) is 10.2. The molecule has 1 rings (SSSR count). The molecule has 1 aliphatic rings. The Kier molecular flexibility index (Phi) is 2.87. The molecule has 5 N–H and O–H groups in total. The Bertz CT molecular complexity index is 273. The summed E-state index contributed by atoms with van der Waals surface area (Å²) in [5.41, 5.74) is 10.3. The van der Waals surface area contributed by atoms with Crippen LogP contribution in [0.4, 0.5) is 0 Å². The number of carbonyl (C=O) groups excluding carboxylic acids is 1. The predicted molar refractivity (Wildman–Crippen MR) is 61.2 cm³/mol. The second-order valence-corrected chi connectivity index (χ2v) is 5.80. The summed E-state index contributed by atoms with van der Waals surface area (Å²) >= 11 is 0. The molecule has 0 aromatic heterocycles. The fourth-order valence-electron chi connectivity index (χ4n) is 3.15. The van der Waals surface area contributed by atoms with Gasteiger partial charge in [-0.2, -0.15) is 0 Å². The summed E-state index contributed by atoms with van der Waals surface area (Å²) in [7, 11) is 0. The summed E-state index contributed by atoms with van der Waals surface area (Å²) in [5, 5.41) is 3.47. The first-order chi connectivity index (χ1) is 6.67. The van der Waals surface area contributed by atoms with Gasteiger partial charge in [-0.1, -0.05) is 0 Å². The van der Waals surface area contributed by atoms with Crippen molar-refractivity contribution in [2.45, 2.75) is 51.6 Å². The summed E-state index contributed by atoms with van der Waals surface area (Å²) in [6, 6.07) is 0. The first-order valence-electron chi connectivity index (χ1n) is 5.46. The molecule has 15 heavy (non-hydrogen) atoms. The van der Waals surface area contributed by atoms with E-state index in [9.17, 15) is 4.79 Å². The Hall–Kier alpha value is -0.610. The van der Waals surface area contributed by atoms with Gasteiger partial charge in [-0.25, -0.2) is 0 Å². The van der Waals surface area contributed by atoms with Gasteiger partial charge >= 0.3 is 0 Å². The second-order valence-electron chi connectivity index (χ2n) is 5.80. The van der Waals surface area contributed by atoms with Crippen molar-refractivity contribution in [2.75, 3.05) is 6.54 Å². The molecule has 0 aromatic carbocycles. The molecule has 0 aromatic rings. The maximum atomic E-state index is 11.7. The summed E-state index contributed by atoms with van der Waals surface area (Å²) in [4.78, 5) is 11.7. The second kappa shape index (κ2) is 3.46. The van der Waals surface area contributed by atoms with Crippen LogP contribution in [0.2, 0.25) is 0 Å². The molecule has 0 aliphatic carbocycles. The van der Waals surface area contributed by atoms with Gasteiger partial charge in [-0.15, -0.1) is 0 Å². The van der Waals surface area contributed by atoms with Crippen molar-refractivity contribution in [1.82, 2.24) is 5.32 Å². The molecule has 4 heteroatoms. The van der Waals surface area contributed by atoms with Gasteiger partial charge in [0, 0.05) is 11.1 Å². The number of nitrogens with two attached hydrogens (primary N) is 2. The lowest BCUT2D eigenvalue weighted by Crippen LogP contribution is -2.55. The van der Waals surface area contributed by atoms with E-state index in [2.05, 4.69) is 19.2 Å². The summed E-state index contributed by atoms with van der Waals surface area (Å²) < 4.78 is 0. The van der Waals surface area contributed by atoms with Crippen molar-refractivity contribution in [2.24, 2.45) is 16.9 Å². The Morgan fingerprint density at radius 3 is 2.13 bits per heavy atom. The van der Waals surface area contributed by atoms with Gasteiger partial charge in [-0.3, -0.25) is 4.79 Å². The first kappa shape index (κ1) is 12.5. The third-order valence-corrected chi connectivity index (χ3v) is 3.63. The minimum Gasteiger partial charge on any atom is -0.369 e. The molecule has 1 heterocycles. The van der Waals surface area contributed by atoms with E-state index in [1.807, 2.05) is 13.8 Å². The van der Waals surface area contributed by atoms with E-state index >= 15 is 0 Å². The third kappa shape index (κ3) is 1.88. The van der Waals surface area contributed by atoms with E-state index in [1.165, 1.54) is 0 Å². The van der Waals surface area contributed by atoms with Crippen LogP contribution in [0.5, 0.6) is 0 Å². The molecule has 1 aliphatic heterocycles. The Morgan fingerprint density at radius 1 is 1.33 bits per heavy atom. The Balaban J connectivity index is 3.12. The number of hydrogen-bond donors (Lipinski definition) is 3. The third-order valence-electron chi connectivity index (χ3n) is 3.63. The lowest BCUT2D eigenvalue weighted by Gasteiger charge is -2.38. The van der Waals surface area contributed by atoms with E-state index in [0.717, 1.165) is 6.42 Å². The van der Waals surface area contributed by atoms with Crippen LogP contribution in [0.3, 0.4) is 0 Å². The van der Waals surface area contributed by atoms with Gasteiger partial charge in [0.1, 0.15) is 0 Å². The molecule has 0 bridgehead atoms. The number of carbonyl (C=O) groups is 1. The molecule has 0 spiro atoms. The fourth-order valence-corrected chi connectivity index (χ4v) is 3.15. The highest BCUT2D eigenvalue weighted by Crippen LogP contribution is 2.48. The summed E-state index contributed by atoms with van der Waals surface area (Å²) in [6.45, 7) is 8.74. The minimum atomic E-state index is -0.523. The highest BCUT2D eigenvalue weighted by molar-refractivity contribution is 5.83. The van der Waals surface area contributed by atoms with Crippen molar-refractivity contribution in [3.8, 4) is 0 Å². The predicted octanol–water partition coefficient (Wildman–Crippen LogP) is 0.357. The number of hydrogen-bond acceptors (Lipinski definition) is 3. The molecule has 4 nitrogen and oxygen atoms in total. The van der Waals surface area contributed by atoms with Crippen LogP contribution in [0.15, 0.2) is 0 Å². The van der Waals surface area contributed by atoms with Gasteiger partial charge in [0.05, 0.1) is 5.41 Å². The van der Waals surface area contributed by atoms with Crippen LogP contribution < -0.4 is 16.8 Å². The summed E-state index contributed by atoms with van der Waals surface area (Å²) in [5.74, 6) is -0.240.